The zero-order valence-corrected chi connectivity index (χ0v) is 17.2. The van der Waals surface area contributed by atoms with Crippen molar-refractivity contribution in [1.29, 1.82) is 0 Å². The Balaban J connectivity index is 1.76. The predicted molar refractivity (Wildman–Crippen MR) is 112 cm³/mol. The van der Waals surface area contributed by atoms with Crippen LogP contribution in [0, 0.1) is 11.7 Å². The van der Waals surface area contributed by atoms with Crippen molar-refractivity contribution in [3.05, 3.63) is 71.5 Å². The van der Waals surface area contributed by atoms with Crippen molar-refractivity contribution < 1.29 is 19.1 Å². The highest BCUT2D eigenvalue weighted by molar-refractivity contribution is 5.33. The molecule has 1 aliphatic heterocycles. The molecule has 0 amide bonds. The third-order valence-electron chi connectivity index (χ3n) is 6.96. The van der Waals surface area contributed by atoms with Crippen molar-refractivity contribution in [2.24, 2.45) is 5.92 Å². The Labute approximate surface area is 173 Å². The molecule has 29 heavy (non-hydrogen) atoms. The summed E-state index contributed by atoms with van der Waals surface area (Å²) < 4.78 is 19.3. The molecule has 4 heteroatoms. The van der Waals surface area contributed by atoms with Gasteiger partial charge in [-0.2, -0.15) is 0 Å². The van der Waals surface area contributed by atoms with E-state index in [0.29, 0.717) is 0 Å². The van der Waals surface area contributed by atoms with Crippen molar-refractivity contribution in [3.8, 4) is 0 Å². The van der Waals surface area contributed by atoms with Crippen LogP contribution >= 0.6 is 0 Å². The fourth-order valence-corrected chi connectivity index (χ4v) is 5.35. The summed E-state index contributed by atoms with van der Waals surface area (Å²) in [5.74, 6) is -0.104. The molecule has 2 aromatic rings. The summed E-state index contributed by atoms with van der Waals surface area (Å²) in [7, 11) is 0. The molecule has 1 saturated carbocycles. The van der Waals surface area contributed by atoms with E-state index in [2.05, 4.69) is 24.3 Å². The average Bonchev–Trinajstić information content (AvgIpc) is 2.79. The van der Waals surface area contributed by atoms with Crippen LogP contribution in [0.25, 0.3) is 0 Å². The lowest BCUT2D eigenvalue weighted by atomic mass is 9.65. The number of quaternary nitrogens is 1. The molecule has 2 aromatic carbocycles. The van der Waals surface area contributed by atoms with Gasteiger partial charge in [-0.3, -0.25) is 0 Å². The van der Waals surface area contributed by atoms with Crippen LogP contribution in [0.4, 0.5) is 4.39 Å². The second-order valence-corrected chi connectivity index (χ2v) is 8.70. The van der Waals surface area contributed by atoms with Crippen LogP contribution in [0.2, 0.25) is 0 Å². The third-order valence-corrected chi connectivity index (χ3v) is 6.96. The largest absolute Gasteiger partial charge is 0.384 e. The Bertz CT molecular complexity index is 754. The highest BCUT2D eigenvalue weighted by Gasteiger charge is 2.47. The Kier molecular flexibility index (Phi) is 6.63. The monoisotopic (exact) mass is 398 g/mol. The Hall–Kier alpha value is -1.75. The van der Waals surface area contributed by atoms with Gasteiger partial charge in [-0.05, 0) is 42.0 Å². The van der Waals surface area contributed by atoms with Crippen LogP contribution in [0.15, 0.2) is 54.6 Å². The molecule has 1 heterocycles. The van der Waals surface area contributed by atoms with E-state index in [1.54, 1.807) is 12.1 Å². The van der Waals surface area contributed by atoms with Gasteiger partial charge < -0.3 is 14.7 Å². The molecule has 2 aliphatic rings. The summed E-state index contributed by atoms with van der Waals surface area (Å²) in [6.07, 6.45) is 5.59. The molecule has 0 bridgehead atoms. The molecule has 3 nitrogen and oxygen atoms in total. The van der Waals surface area contributed by atoms with Crippen molar-refractivity contribution in [3.63, 3.8) is 0 Å². The first-order valence-corrected chi connectivity index (χ1v) is 11.1. The van der Waals surface area contributed by atoms with Crippen LogP contribution < -0.4 is 4.90 Å². The van der Waals surface area contributed by atoms with Gasteiger partial charge in [-0.1, -0.05) is 61.7 Å². The zero-order chi connectivity index (χ0) is 20.1. The maximum absolute atomic E-state index is 13.7. The lowest BCUT2D eigenvalue weighted by molar-refractivity contribution is -0.910. The van der Waals surface area contributed by atoms with Crippen molar-refractivity contribution in [2.45, 2.75) is 43.6 Å². The number of aliphatic hydroxyl groups is 1. The predicted octanol–water partition coefficient (Wildman–Crippen LogP) is 3.29. The number of morpholine rings is 1. The fourth-order valence-electron chi connectivity index (χ4n) is 5.35. The van der Waals surface area contributed by atoms with Gasteiger partial charge in [0.05, 0.1) is 25.7 Å². The second-order valence-electron chi connectivity index (χ2n) is 8.70. The summed E-state index contributed by atoms with van der Waals surface area (Å²) in [5, 5.41) is 12.5. The van der Waals surface area contributed by atoms with Gasteiger partial charge in [0, 0.05) is 0 Å². The quantitative estimate of drug-likeness (QED) is 0.783. The molecule has 0 aromatic heterocycles. The average molecular weight is 399 g/mol. The van der Waals surface area contributed by atoms with Gasteiger partial charge in [-0.25, -0.2) is 4.39 Å². The summed E-state index contributed by atoms with van der Waals surface area (Å²) in [5.41, 5.74) is 1.03. The molecule has 156 valence electrons. The fraction of sp³-hybridized carbons (Fsp3) is 0.520. The summed E-state index contributed by atoms with van der Waals surface area (Å²) >= 11 is 0. The summed E-state index contributed by atoms with van der Waals surface area (Å²) in [4.78, 5) is 1.47. The van der Waals surface area contributed by atoms with Crippen LogP contribution in [0.5, 0.6) is 0 Å². The molecule has 2 fully saturated rings. The summed E-state index contributed by atoms with van der Waals surface area (Å²) in [6, 6.07) is 17.0. The van der Waals surface area contributed by atoms with E-state index in [9.17, 15) is 9.50 Å². The van der Waals surface area contributed by atoms with Crippen LogP contribution in [-0.4, -0.2) is 38.0 Å². The number of hydrogen-bond acceptors (Lipinski definition) is 2. The van der Waals surface area contributed by atoms with Crippen LogP contribution in [-0.2, 0) is 10.3 Å². The van der Waals surface area contributed by atoms with E-state index in [0.717, 1.165) is 64.1 Å². The first kappa shape index (κ1) is 20.5. The lowest BCUT2D eigenvalue weighted by Gasteiger charge is -2.45. The number of nitrogens with one attached hydrogen (secondary N) is 1. The van der Waals surface area contributed by atoms with E-state index in [1.165, 1.54) is 29.0 Å². The van der Waals surface area contributed by atoms with Crippen molar-refractivity contribution >= 4 is 0 Å². The molecular weight excluding hydrogens is 365 g/mol. The SMILES string of the molecule is O[C@@](c1ccc(F)cc1)(C1CCCCC1)[C@H](C[NH+]1CCOCC1)c1ccccc1. The van der Waals surface area contributed by atoms with Crippen LogP contribution in [0.1, 0.15) is 49.1 Å². The highest BCUT2D eigenvalue weighted by atomic mass is 19.1. The van der Waals surface area contributed by atoms with Gasteiger partial charge in [0.15, 0.2) is 0 Å². The van der Waals surface area contributed by atoms with E-state index >= 15 is 0 Å². The second kappa shape index (κ2) is 9.38. The molecule has 0 unspecified atom stereocenters. The maximum Gasteiger partial charge on any atom is 0.123 e. The van der Waals surface area contributed by atoms with E-state index in [-0.39, 0.29) is 17.7 Å². The van der Waals surface area contributed by atoms with Gasteiger partial charge in [0.2, 0.25) is 0 Å². The molecule has 2 N–H and O–H groups in total. The van der Waals surface area contributed by atoms with E-state index < -0.39 is 5.60 Å². The molecular formula is C25H33FNO2+. The first-order chi connectivity index (χ1) is 14.2. The number of halogens is 1. The van der Waals surface area contributed by atoms with Crippen molar-refractivity contribution in [1.82, 2.24) is 0 Å². The molecule has 1 saturated heterocycles. The number of rotatable bonds is 6. The third kappa shape index (κ3) is 4.55. The number of hydrogen-bond donors (Lipinski definition) is 2. The van der Waals surface area contributed by atoms with Gasteiger partial charge in [0.1, 0.15) is 24.5 Å². The minimum Gasteiger partial charge on any atom is -0.384 e. The smallest absolute Gasteiger partial charge is 0.123 e. The molecule has 2 atom stereocenters. The lowest BCUT2D eigenvalue weighted by Crippen LogP contribution is -3.14. The summed E-state index contributed by atoms with van der Waals surface area (Å²) in [6.45, 7) is 4.34. The van der Waals surface area contributed by atoms with Crippen LogP contribution in [0.3, 0.4) is 0 Å². The number of benzene rings is 2. The maximum atomic E-state index is 13.7. The highest BCUT2D eigenvalue weighted by Crippen LogP contribution is 2.47. The van der Waals surface area contributed by atoms with Gasteiger partial charge in [-0.15, -0.1) is 0 Å². The normalized spacial score (nSPS) is 22.1. The minimum absolute atomic E-state index is 0.0367. The minimum atomic E-state index is -0.999. The van der Waals surface area contributed by atoms with Gasteiger partial charge in [0.25, 0.3) is 0 Å². The molecule has 1 aliphatic carbocycles. The topological polar surface area (TPSA) is 33.9 Å². The Morgan fingerprint density at radius 1 is 0.966 bits per heavy atom. The van der Waals surface area contributed by atoms with E-state index in [4.69, 9.17) is 4.74 Å². The zero-order valence-electron chi connectivity index (χ0n) is 17.2. The molecule has 0 radical (unpaired) electrons. The number of ether oxygens (including phenoxy) is 1. The molecule has 4 rings (SSSR count). The standard InChI is InChI=1S/C25H32FNO2/c26-23-13-11-22(12-14-23)25(28,21-9-5-2-6-10-21)24(20-7-3-1-4-8-20)19-27-15-17-29-18-16-27/h1,3-4,7-8,11-14,21,24,28H,2,5-6,9-10,15-19H2/p+1/t24-,25-/m1/s1. The van der Waals surface area contributed by atoms with Crippen molar-refractivity contribution in [2.75, 3.05) is 32.8 Å². The first-order valence-electron chi connectivity index (χ1n) is 11.1. The van der Waals surface area contributed by atoms with Gasteiger partial charge >= 0.3 is 0 Å². The van der Waals surface area contributed by atoms with E-state index in [1.807, 2.05) is 6.07 Å². The Morgan fingerprint density at radius 3 is 2.28 bits per heavy atom. The molecule has 0 spiro atoms. The Morgan fingerprint density at radius 2 is 1.62 bits per heavy atom.